The van der Waals surface area contributed by atoms with E-state index in [1.54, 1.807) is 0 Å². The van der Waals surface area contributed by atoms with Crippen LogP contribution in [0.2, 0.25) is 0 Å². The number of nitrogens with one attached hydrogen (secondary N) is 1. The molecule has 0 bridgehead atoms. The summed E-state index contributed by atoms with van der Waals surface area (Å²) in [5, 5.41) is 10.3. The van der Waals surface area contributed by atoms with Gasteiger partial charge in [-0.15, -0.1) is 0 Å². The van der Waals surface area contributed by atoms with Gasteiger partial charge in [-0.2, -0.15) is 13.2 Å². The van der Waals surface area contributed by atoms with Gasteiger partial charge in [-0.3, -0.25) is 9.69 Å². The molecule has 0 aliphatic carbocycles. The Kier molecular flexibility index (Phi) is 9.09. The lowest BCUT2D eigenvalue weighted by molar-refractivity contribution is -0.192. The third kappa shape index (κ3) is 7.19. The van der Waals surface area contributed by atoms with E-state index in [1.165, 1.54) is 11.1 Å². The van der Waals surface area contributed by atoms with Crippen molar-refractivity contribution in [3.05, 3.63) is 83.4 Å². The first-order valence-corrected chi connectivity index (χ1v) is 12.0. The zero-order valence-electron chi connectivity index (χ0n) is 21.0. The number of hydrogen-bond acceptors (Lipinski definition) is 4. The third-order valence-corrected chi connectivity index (χ3v) is 6.08. The van der Waals surface area contributed by atoms with Crippen LogP contribution < -0.4 is 5.32 Å². The highest BCUT2D eigenvalue weighted by atomic mass is 19.4. The van der Waals surface area contributed by atoms with Crippen LogP contribution in [0.25, 0.3) is 0 Å². The van der Waals surface area contributed by atoms with E-state index >= 15 is 0 Å². The minimum atomic E-state index is -5.08. The number of aliphatic carboxylic acids is 1. The Morgan fingerprint density at radius 1 is 1.08 bits per heavy atom. The number of rotatable bonds is 6. The first-order valence-electron chi connectivity index (χ1n) is 12.0. The van der Waals surface area contributed by atoms with E-state index in [0.717, 1.165) is 43.0 Å². The van der Waals surface area contributed by atoms with E-state index in [0.29, 0.717) is 0 Å². The molecule has 2 aromatic carbocycles. The fourth-order valence-electron chi connectivity index (χ4n) is 4.18. The number of fused-ring (bicyclic) bond motifs is 1. The summed E-state index contributed by atoms with van der Waals surface area (Å²) in [6, 6.07) is 18.4. The molecule has 1 amide bonds. The van der Waals surface area contributed by atoms with Crippen molar-refractivity contribution in [2.45, 2.75) is 58.4 Å². The number of hydrogen-bond donors (Lipinski definition) is 2. The second kappa shape index (κ2) is 12.1. The summed E-state index contributed by atoms with van der Waals surface area (Å²) < 4.78 is 33.9. The number of carboxylic acid groups (broad SMARTS) is 1. The zero-order chi connectivity index (χ0) is 27.2. The van der Waals surface area contributed by atoms with E-state index in [-0.39, 0.29) is 18.0 Å². The molecule has 1 aliphatic heterocycles. The number of aryl methyl sites for hydroxylation is 1. The fraction of sp³-hybridized carbons (Fsp3) is 0.370. The molecule has 0 radical (unpaired) electrons. The van der Waals surface area contributed by atoms with Crippen molar-refractivity contribution in [1.29, 1.82) is 0 Å². The summed E-state index contributed by atoms with van der Waals surface area (Å²) in [5.74, 6) is -2.76. The smallest absolute Gasteiger partial charge is 0.475 e. The molecule has 0 fully saturated rings. The van der Waals surface area contributed by atoms with Crippen LogP contribution in [0, 0.1) is 0 Å². The topological polar surface area (TPSA) is 87.5 Å². The molecule has 37 heavy (non-hydrogen) atoms. The average Bonchev–Trinajstić information content (AvgIpc) is 3.29. The number of anilines is 1. The number of imidazole rings is 1. The molecule has 0 spiro atoms. The largest absolute Gasteiger partial charge is 0.490 e. The van der Waals surface area contributed by atoms with Crippen LogP contribution in [0.4, 0.5) is 18.9 Å². The van der Waals surface area contributed by atoms with Crippen molar-refractivity contribution in [2.24, 2.45) is 0 Å². The fourth-order valence-corrected chi connectivity index (χ4v) is 4.18. The lowest BCUT2D eigenvalue weighted by Gasteiger charge is -2.36. The van der Waals surface area contributed by atoms with Crippen LogP contribution in [0.5, 0.6) is 0 Å². The van der Waals surface area contributed by atoms with Gasteiger partial charge in [-0.05, 0) is 43.5 Å². The van der Waals surface area contributed by atoms with Crippen LogP contribution in [-0.4, -0.2) is 44.2 Å². The molecular weight excluding hydrogens is 485 g/mol. The van der Waals surface area contributed by atoms with Gasteiger partial charge in [0, 0.05) is 31.2 Å². The minimum absolute atomic E-state index is 0.00136. The summed E-state index contributed by atoms with van der Waals surface area (Å²) in [6.07, 6.45) is -1.35. The Balaban J connectivity index is 0.000000479. The summed E-state index contributed by atoms with van der Waals surface area (Å²) in [4.78, 5) is 29.4. The highest BCUT2D eigenvalue weighted by Crippen LogP contribution is 2.33. The van der Waals surface area contributed by atoms with Crippen molar-refractivity contribution >= 4 is 17.6 Å². The molecule has 2 heterocycles. The summed E-state index contributed by atoms with van der Waals surface area (Å²) in [5.41, 5.74) is 5.36. The lowest BCUT2D eigenvalue weighted by atomic mass is 9.99. The van der Waals surface area contributed by atoms with Crippen molar-refractivity contribution in [3.63, 3.8) is 0 Å². The number of alkyl halides is 3. The summed E-state index contributed by atoms with van der Waals surface area (Å²) >= 11 is 0. The number of carbonyl (C=O) groups excluding carboxylic acids is 1. The van der Waals surface area contributed by atoms with Crippen LogP contribution in [0.3, 0.4) is 0 Å². The minimum Gasteiger partial charge on any atom is -0.475 e. The van der Waals surface area contributed by atoms with Gasteiger partial charge < -0.3 is 15.0 Å². The molecule has 0 saturated carbocycles. The maximum Gasteiger partial charge on any atom is 0.490 e. The number of carboxylic acids is 1. The molecule has 1 aliphatic rings. The Morgan fingerprint density at radius 3 is 2.24 bits per heavy atom. The first-order chi connectivity index (χ1) is 17.5. The maximum absolute atomic E-state index is 13.6. The van der Waals surface area contributed by atoms with Gasteiger partial charge in [0.05, 0.1) is 17.7 Å². The lowest BCUT2D eigenvalue weighted by Crippen LogP contribution is -2.42. The molecule has 2 N–H and O–H groups in total. The molecule has 3 aromatic rings. The van der Waals surface area contributed by atoms with Crippen molar-refractivity contribution in [2.75, 3.05) is 11.9 Å². The number of aromatic nitrogens is 2. The van der Waals surface area contributed by atoms with Crippen molar-refractivity contribution in [1.82, 2.24) is 14.5 Å². The zero-order valence-corrected chi connectivity index (χ0v) is 21.0. The van der Waals surface area contributed by atoms with Crippen molar-refractivity contribution in [3.8, 4) is 0 Å². The van der Waals surface area contributed by atoms with Crippen LogP contribution in [0.15, 0.2) is 60.9 Å². The van der Waals surface area contributed by atoms with Crippen molar-refractivity contribution < 1.29 is 27.9 Å². The molecule has 1 aromatic heterocycles. The number of nitrogens with zero attached hydrogens (tertiary/aromatic N) is 3. The predicted octanol–water partition coefficient (Wildman–Crippen LogP) is 5.40. The van der Waals surface area contributed by atoms with E-state index < -0.39 is 12.1 Å². The van der Waals surface area contributed by atoms with Gasteiger partial charge in [0.2, 0.25) is 5.91 Å². The quantitative estimate of drug-likeness (QED) is 0.458. The molecule has 10 heteroatoms. The van der Waals surface area contributed by atoms with E-state index in [1.807, 2.05) is 36.7 Å². The number of carbonyl (C=O) groups is 2. The standard InChI is InChI=1S/C25H30N4O.C2HF3O2/c1-4-19-10-12-21(13-11-19)27-25(30)24-23-22(26-17-29(23)18(2)3)14-15-28(24)16-20-8-6-5-7-9-20;3-2(4,5)1(6)7/h5-13,17-18,24H,4,14-16H2,1-3H3,(H,27,30);(H,6,7). The monoisotopic (exact) mass is 516 g/mol. The van der Waals surface area contributed by atoms with Gasteiger partial charge in [0.25, 0.3) is 0 Å². The molecule has 4 rings (SSSR count). The molecule has 7 nitrogen and oxygen atoms in total. The predicted molar refractivity (Wildman–Crippen MR) is 134 cm³/mol. The summed E-state index contributed by atoms with van der Waals surface area (Å²) in [6.45, 7) is 7.94. The van der Waals surface area contributed by atoms with E-state index in [2.05, 4.69) is 64.8 Å². The van der Waals surface area contributed by atoms with Gasteiger partial charge in [0.1, 0.15) is 6.04 Å². The number of halogens is 3. The Hall–Kier alpha value is -3.66. The van der Waals surface area contributed by atoms with Crippen LogP contribution >= 0.6 is 0 Å². The van der Waals surface area contributed by atoms with Gasteiger partial charge in [-0.25, -0.2) is 9.78 Å². The third-order valence-electron chi connectivity index (χ3n) is 6.08. The molecule has 1 unspecified atom stereocenters. The average molecular weight is 517 g/mol. The SMILES string of the molecule is CCc1ccc(NC(=O)C2c3c(ncn3C(C)C)CCN2Cc2ccccc2)cc1.O=C(O)C(F)(F)F. The Labute approximate surface area is 213 Å². The maximum atomic E-state index is 13.6. The van der Waals surface area contributed by atoms with Crippen LogP contribution in [-0.2, 0) is 29.0 Å². The highest BCUT2D eigenvalue weighted by molar-refractivity contribution is 5.95. The molecule has 0 saturated heterocycles. The highest BCUT2D eigenvalue weighted by Gasteiger charge is 2.38. The van der Waals surface area contributed by atoms with Gasteiger partial charge in [-0.1, -0.05) is 49.4 Å². The number of benzene rings is 2. The molecular formula is C27H31F3N4O3. The number of amides is 1. The summed E-state index contributed by atoms with van der Waals surface area (Å²) in [7, 11) is 0. The normalized spacial score (nSPS) is 15.5. The van der Waals surface area contributed by atoms with Gasteiger partial charge in [0.15, 0.2) is 0 Å². The molecule has 198 valence electrons. The van der Waals surface area contributed by atoms with E-state index in [9.17, 15) is 18.0 Å². The Morgan fingerprint density at radius 2 is 1.70 bits per heavy atom. The molecule has 1 atom stereocenters. The van der Waals surface area contributed by atoms with Gasteiger partial charge >= 0.3 is 12.1 Å². The van der Waals surface area contributed by atoms with E-state index in [4.69, 9.17) is 9.90 Å². The first kappa shape index (κ1) is 27.9. The van der Waals surface area contributed by atoms with Crippen LogP contribution in [0.1, 0.15) is 55.4 Å². The Bertz CT molecular complexity index is 1190. The second-order valence-corrected chi connectivity index (χ2v) is 9.03. The second-order valence-electron chi connectivity index (χ2n) is 9.03.